The summed E-state index contributed by atoms with van der Waals surface area (Å²) < 4.78 is 18.0. The summed E-state index contributed by atoms with van der Waals surface area (Å²) in [4.78, 5) is 73.8. The first kappa shape index (κ1) is 31.9. The summed E-state index contributed by atoms with van der Waals surface area (Å²) >= 11 is 0. The van der Waals surface area contributed by atoms with Gasteiger partial charge in [0.15, 0.2) is 0 Å². The van der Waals surface area contributed by atoms with Gasteiger partial charge in [-0.1, -0.05) is 42.5 Å². The summed E-state index contributed by atoms with van der Waals surface area (Å²) in [5.74, 6) is -3.90. The molecule has 0 saturated carbocycles. The molecule has 0 aromatic heterocycles. The first-order valence-electron chi connectivity index (χ1n) is 12.3. The highest BCUT2D eigenvalue weighted by atomic mass is 19.1. The minimum atomic E-state index is -1.32. The van der Waals surface area contributed by atoms with Gasteiger partial charge in [0.1, 0.15) is 24.5 Å². The number of nitrogens with zero attached hydrogens (tertiary/aromatic N) is 2. The van der Waals surface area contributed by atoms with Crippen LogP contribution in [0.15, 0.2) is 66.7 Å². The van der Waals surface area contributed by atoms with Crippen molar-refractivity contribution >= 4 is 35.8 Å². The monoisotopic (exact) mass is 570 g/mol. The van der Waals surface area contributed by atoms with Gasteiger partial charge in [-0.3, -0.25) is 19.2 Å². The van der Waals surface area contributed by atoms with Crippen molar-refractivity contribution in [3.05, 3.63) is 83.7 Å². The van der Waals surface area contributed by atoms with E-state index < -0.39 is 53.7 Å². The molecule has 13 nitrogen and oxygen atoms in total. The second-order valence-corrected chi connectivity index (χ2v) is 8.69. The largest absolute Gasteiger partial charge is 0.445 e. The summed E-state index contributed by atoms with van der Waals surface area (Å²) in [6, 6.07) is 10.6. The molecule has 0 aliphatic rings. The first-order chi connectivity index (χ1) is 19.4. The molecule has 0 spiro atoms. The summed E-state index contributed by atoms with van der Waals surface area (Å²) in [6.07, 6.45) is 0.701. The zero-order valence-corrected chi connectivity index (χ0v) is 22.6. The van der Waals surface area contributed by atoms with E-state index in [1.54, 1.807) is 24.3 Å². The molecule has 218 valence electrons. The van der Waals surface area contributed by atoms with Crippen LogP contribution >= 0.6 is 0 Å². The summed E-state index contributed by atoms with van der Waals surface area (Å²) in [7, 11) is 1.07. The van der Waals surface area contributed by atoms with Crippen molar-refractivity contribution in [3.8, 4) is 0 Å². The average Bonchev–Trinajstić information content (AvgIpc) is 2.94. The van der Waals surface area contributed by atoms with E-state index in [0.717, 1.165) is 24.8 Å². The highest BCUT2D eigenvalue weighted by Gasteiger charge is 2.30. The standard InChI is InChI=1S/C27H31FN6O7/c1-17(32-27(40)41-16-20-7-5-4-6-8-20)24(37)31-18(2)25(38)33(3)34(26(29)39)23(36)14-13-22(35)30-15-19-9-11-21(28)12-10-19/h4-14,17-18H,15-16H2,1-3H3,(H2,29,39)(H,30,35)(H,31,37)(H,32,40)/b14-13+/t17-,18-/m0/s1. The molecule has 2 aromatic rings. The topological polar surface area (TPSA) is 180 Å². The van der Waals surface area contributed by atoms with Gasteiger partial charge in [-0.25, -0.2) is 19.0 Å². The van der Waals surface area contributed by atoms with E-state index in [0.29, 0.717) is 10.6 Å². The lowest BCUT2D eigenvalue weighted by molar-refractivity contribution is -0.153. The van der Waals surface area contributed by atoms with E-state index in [1.807, 2.05) is 6.07 Å². The molecule has 0 saturated heterocycles. The molecule has 0 unspecified atom stereocenters. The lowest BCUT2D eigenvalue weighted by Gasteiger charge is -2.30. The number of halogens is 1. The first-order valence-corrected chi connectivity index (χ1v) is 12.3. The number of likely N-dealkylation sites (N-methyl/N-ethyl adjacent to an activating group) is 1. The van der Waals surface area contributed by atoms with Crippen LogP contribution in [0.25, 0.3) is 0 Å². The fourth-order valence-corrected chi connectivity index (χ4v) is 3.26. The lowest BCUT2D eigenvalue weighted by atomic mass is 10.2. The Hall–Kier alpha value is -5.27. The fourth-order valence-electron chi connectivity index (χ4n) is 3.26. The normalized spacial score (nSPS) is 12.0. The van der Waals surface area contributed by atoms with Crippen LogP contribution in [0.3, 0.4) is 0 Å². The Kier molecular flexibility index (Phi) is 12.0. The van der Waals surface area contributed by atoms with Crippen LogP contribution in [0.4, 0.5) is 14.0 Å². The van der Waals surface area contributed by atoms with Crippen LogP contribution < -0.4 is 21.7 Å². The molecule has 2 atom stereocenters. The van der Waals surface area contributed by atoms with E-state index in [9.17, 15) is 33.2 Å². The molecule has 41 heavy (non-hydrogen) atoms. The van der Waals surface area contributed by atoms with Crippen LogP contribution in [0.2, 0.25) is 0 Å². The molecule has 0 fully saturated rings. The van der Waals surface area contributed by atoms with Crippen molar-refractivity contribution in [2.24, 2.45) is 5.73 Å². The number of amides is 7. The maximum Gasteiger partial charge on any atom is 0.408 e. The number of urea groups is 1. The molecule has 0 bridgehead atoms. The molecule has 5 N–H and O–H groups in total. The molecule has 7 amide bonds. The number of benzene rings is 2. The third-order valence-electron chi connectivity index (χ3n) is 5.46. The van der Waals surface area contributed by atoms with Crippen LogP contribution in [0, 0.1) is 5.82 Å². The van der Waals surface area contributed by atoms with Gasteiger partial charge in [0, 0.05) is 25.7 Å². The quantitative estimate of drug-likeness (QED) is 0.244. The number of primary amides is 1. The van der Waals surface area contributed by atoms with E-state index >= 15 is 0 Å². The molecule has 0 aliphatic carbocycles. The van der Waals surface area contributed by atoms with Crippen LogP contribution in [0.1, 0.15) is 25.0 Å². The fraction of sp³-hybridized carbons (Fsp3) is 0.259. The average molecular weight is 571 g/mol. The minimum absolute atomic E-state index is 0.0119. The predicted octanol–water partition coefficient (Wildman–Crippen LogP) is 1.10. The van der Waals surface area contributed by atoms with E-state index in [4.69, 9.17) is 10.5 Å². The maximum atomic E-state index is 13.0. The maximum absolute atomic E-state index is 13.0. The van der Waals surface area contributed by atoms with Gasteiger partial charge < -0.3 is 26.4 Å². The molecule has 2 aromatic carbocycles. The van der Waals surface area contributed by atoms with Gasteiger partial charge in [0.05, 0.1) is 0 Å². The SMILES string of the molecule is C[C@H](NC(=O)OCc1ccccc1)C(=O)N[C@@H](C)C(=O)N(C)N(C(N)=O)C(=O)/C=C/C(=O)NCc1ccc(F)cc1. The summed E-state index contributed by atoms with van der Waals surface area (Å²) in [6.45, 7) is 2.69. The summed E-state index contributed by atoms with van der Waals surface area (Å²) in [5, 5.41) is 8.03. The number of hydrazine groups is 1. The predicted molar refractivity (Wildman–Crippen MR) is 143 cm³/mol. The number of carbonyl (C=O) groups excluding carboxylic acids is 6. The smallest absolute Gasteiger partial charge is 0.408 e. The van der Waals surface area contributed by atoms with Gasteiger partial charge in [-0.15, -0.1) is 0 Å². The summed E-state index contributed by atoms with van der Waals surface area (Å²) in [5.41, 5.74) is 6.61. The Bertz CT molecular complexity index is 1290. The third-order valence-corrected chi connectivity index (χ3v) is 5.46. The highest BCUT2D eigenvalue weighted by molar-refractivity contribution is 6.04. The zero-order valence-electron chi connectivity index (χ0n) is 22.6. The number of nitrogens with one attached hydrogen (secondary N) is 3. The van der Waals surface area contributed by atoms with Crippen molar-refractivity contribution in [3.63, 3.8) is 0 Å². The van der Waals surface area contributed by atoms with Gasteiger partial charge in [0.2, 0.25) is 11.8 Å². The van der Waals surface area contributed by atoms with Crippen molar-refractivity contribution in [1.29, 1.82) is 0 Å². The number of hydrogen-bond acceptors (Lipinski definition) is 7. The number of nitrogens with two attached hydrogens (primary N) is 1. The van der Waals surface area contributed by atoms with Crippen LogP contribution in [-0.4, -0.2) is 64.9 Å². The van der Waals surface area contributed by atoms with Crippen molar-refractivity contribution in [1.82, 2.24) is 26.0 Å². The van der Waals surface area contributed by atoms with Crippen molar-refractivity contribution in [2.75, 3.05) is 7.05 Å². The number of imide groups is 1. The molecule has 0 aliphatic heterocycles. The Morgan fingerprint density at radius 2 is 1.54 bits per heavy atom. The van der Waals surface area contributed by atoms with E-state index in [-0.39, 0.29) is 18.2 Å². The number of rotatable bonds is 10. The second-order valence-electron chi connectivity index (χ2n) is 8.69. The molecular formula is C27H31FN6O7. The zero-order chi connectivity index (χ0) is 30.5. The van der Waals surface area contributed by atoms with Crippen molar-refractivity contribution < 1.29 is 37.9 Å². The van der Waals surface area contributed by atoms with Crippen molar-refractivity contribution in [2.45, 2.75) is 39.1 Å². The number of hydrogen-bond donors (Lipinski definition) is 4. The third kappa shape index (κ3) is 10.4. The Balaban J connectivity index is 1.88. The number of ether oxygens (including phenoxy) is 1. The minimum Gasteiger partial charge on any atom is -0.445 e. The number of carbonyl (C=O) groups is 6. The molecular weight excluding hydrogens is 539 g/mol. The Labute approximate surface area is 235 Å². The molecule has 14 heteroatoms. The second kappa shape index (κ2) is 15.4. The van der Waals surface area contributed by atoms with Gasteiger partial charge in [-0.2, -0.15) is 5.01 Å². The molecule has 0 radical (unpaired) electrons. The van der Waals surface area contributed by atoms with E-state index in [2.05, 4.69) is 16.0 Å². The van der Waals surface area contributed by atoms with Crippen LogP contribution in [-0.2, 0) is 37.1 Å². The van der Waals surface area contributed by atoms with Gasteiger partial charge >= 0.3 is 12.1 Å². The van der Waals surface area contributed by atoms with Gasteiger partial charge in [-0.05, 0) is 37.1 Å². The van der Waals surface area contributed by atoms with Gasteiger partial charge in [0.25, 0.3) is 11.8 Å². The Morgan fingerprint density at radius 1 is 0.902 bits per heavy atom. The number of alkyl carbamates (subject to hydrolysis) is 1. The molecule has 0 heterocycles. The lowest BCUT2D eigenvalue weighted by Crippen LogP contribution is -2.58. The highest BCUT2D eigenvalue weighted by Crippen LogP contribution is 2.05. The van der Waals surface area contributed by atoms with E-state index in [1.165, 1.54) is 38.1 Å². The Morgan fingerprint density at radius 3 is 2.15 bits per heavy atom. The molecule has 2 rings (SSSR count). The van der Waals surface area contributed by atoms with Crippen LogP contribution in [0.5, 0.6) is 0 Å².